The van der Waals surface area contributed by atoms with Crippen molar-refractivity contribution in [3.05, 3.63) is 6.10 Å². The summed E-state index contributed by atoms with van der Waals surface area (Å²) in [6.07, 6.45) is 0.683. The van der Waals surface area contributed by atoms with Gasteiger partial charge in [-0.05, 0) is 13.8 Å². The molecular weight excluding hydrogens is 92.1 g/mol. The van der Waals surface area contributed by atoms with Crippen molar-refractivity contribution in [1.82, 2.24) is 0 Å². The van der Waals surface area contributed by atoms with E-state index in [0.717, 1.165) is 0 Å². The summed E-state index contributed by atoms with van der Waals surface area (Å²) in [5.74, 6) is 0. The lowest BCUT2D eigenvalue weighted by molar-refractivity contribution is 0.112. The van der Waals surface area contributed by atoms with Gasteiger partial charge in [-0.25, -0.2) is 0 Å². The van der Waals surface area contributed by atoms with Gasteiger partial charge in [0, 0.05) is 6.61 Å². The van der Waals surface area contributed by atoms with Crippen molar-refractivity contribution in [2.24, 2.45) is 0 Å². The van der Waals surface area contributed by atoms with Gasteiger partial charge in [-0.15, -0.1) is 0 Å². The Morgan fingerprint density at radius 3 is 2.43 bits per heavy atom. The highest BCUT2D eigenvalue weighted by atomic mass is 16.5. The summed E-state index contributed by atoms with van der Waals surface area (Å²) in [5, 5.41) is 8.30. The Labute approximate surface area is 44.1 Å². The van der Waals surface area contributed by atoms with Gasteiger partial charge in [-0.1, -0.05) is 0 Å². The molecule has 0 unspecified atom stereocenters. The molecular formula is C5H11O2. The Morgan fingerprint density at radius 1 is 1.71 bits per heavy atom. The van der Waals surface area contributed by atoms with Crippen molar-refractivity contribution < 1.29 is 9.84 Å². The highest BCUT2D eigenvalue weighted by molar-refractivity contribution is 4.66. The van der Waals surface area contributed by atoms with E-state index >= 15 is 0 Å². The molecule has 43 valence electrons. The first-order valence-electron chi connectivity index (χ1n) is 2.37. The third kappa shape index (κ3) is 3.76. The highest BCUT2D eigenvalue weighted by Gasteiger charge is 1.95. The molecule has 0 saturated carbocycles. The molecule has 1 radical (unpaired) electrons. The summed E-state index contributed by atoms with van der Waals surface area (Å²) in [6, 6.07) is 0. The van der Waals surface area contributed by atoms with Gasteiger partial charge in [0.1, 0.15) is 6.10 Å². The normalized spacial score (nSPS) is 10.3. The van der Waals surface area contributed by atoms with Crippen LogP contribution in [-0.4, -0.2) is 18.3 Å². The van der Waals surface area contributed by atoms with Crippen molar-refractivity contribution in [1.29, 1.82) is 0 Å². The predicted molar refractivity (Wildman–Crippen MR) is 27.6 cm³/mol. The third-order valence-electron chi connectivity index (χ3n) is 0.613. The van der Waals surface area contributed by atoms with E-state index in [0.29, 0.717) is 12.7 Å². The minimum absolute atomic E-state index is 0.0356. The van der Waals surface area contributed by atoms with Crippen LogP contribution in [0.2, 0.25) is 0 Å². The molecule has 1 N–H and O–H groups in total. The third-order valence-corrected chi connectivity index (χ3v) is 0.613. The quantitative estimate of drug-likeness (QED) is 0.565. The lowest BCUT2D eigenvalue weighted by atomic mass is 10.4. The molecule has 0 spiro atoms. The average Bonchev–Trinajstić information content (AvgIpc) is 1.68. The zero-order chi connectivity index (χ0) is 5.70. The second kappa shape index (κ2) is 4.09. The maximum absolute atomic E-state index is 8.30. The van der Waals surface area contributed by atoms with E-state index in [2.05, 4.69) is 0 Å². The molecule has 2 heteroatoms. The van der Waals surface area contributed by atoms with E-state index in [-0.39, 0.29) is 6.61 Å². The lowest BCUT2D eigenvalue weighted by Crippen LogP contribution is -2.02. The smallest absolute Gasteiger partial charge is 0.119 e. The molecule has 0 heterocycles. The maximum atomic E-state index is 8.30. The van der Waals surface area contributed by atoms with Crippen molar-refractivity contribution in [3.8, 4) is 0 Å². The first kappa shape index (κ1) is 6.92. The minimum atomic E-state index is 0.0356. The zero-order valence-corrected chi connectivity index (χ0v) is 4.77. The summed E-state index contributed by atoms with van der Waals surface area (Å²) in [6.45, 7) is 4.32. The van der Waals surface area contributed by atoms with Crippen LogP contribution in [0.1, 0.15) is 13.8 Å². The zero-order valence-electron chi connectivity index (χ0n) is 4.77. The van der Waals surface area contributed by atoms with Gasteiger partial charge in [0.15, 0.2) is 0 Å². The maximum Gasteiger partial charge on any atom is 0.119 e. The number of hydrogen-bond acceptors (Lipinski definition) is 2. The molecule has 0 rings (SSSR count). The number of aliphatic hydroxyl groups is 1. The van der Waals surface area contributed by atoms with Gasteiger partial charge in [-0.3, -0.25) is 0 Å². The molecule has 0 aromatic rings. The fraction of sp³-hybridized carbons (Fsp3) is 0.800. The molecule has 0 bridgehead atoms. The van der Waals surface area contributed by atoms with Crippen molar-refractivity contribution in [3.63, 3.8) is 0 Å². The van der Waals surface area contributed by atoms with E-state index in [1.165, 1.54) is 0 Å². The van der Waals surface area contributed by atoms with Gasteiger partial charge in [0.05, 0.1) is 6.61 Å². The molecule has 2 nitrogen and oxygen atoms in total. The van der Waals surface area contributed by atoms with E-state index in [1.54, 1.807) is 6.92 Å². The van der Waals surface area contributed by atoms with Crippen LogP contribution in [0.3, 0.4) is 0 Å². The van der Waals surface area contributed by atoms with E-state index < -0.39 is 0 Å². The molecule has 0 aliphatic carbocycles. The van der Waals surface area contributed by atoms with Crippen molar-refractivity contribution >= 4 is 0 Å². The van der Waals surface area contributed by atoms with E-state index in [9.17, 15) is 0 Å². The summed E-state index contributed by atoms with van der Waals surface area (Å²) in [7, 11) is 0. The minimum Gasteiger partial charge on any atom is -0.393 e. The predicted octanol–water partition coefficient (Wildman–Crippen LogP) is 0.567. The van der Waals surface area contributed by atoms with Crippen LogP contribution in [0, 0.1) is 6.10 Å². The largest absolute Gasteiger partial charge is 0.393 e. The Morgan fingerprint density at radius 2 is 2.29 bits per heavy atom. The fourth-order valence-electron chi connectivity index (χ4n) is 0.292. The van der Waals surface area contributed by atoms with Crippen molar-refractivity contribution in [2.75, 3.05) is 13.2 Å². The monoisotopic (exact) mass is 103 g/mol. The van der Waals surface area contributed by atoms with Crippen LogP contribution >= 0.6 is 0 Å². The van der Waals surface area contributed by atoms with Gasteiger partial charge in [-0.2, -0.15) is 0 Å². The van der Waals surface area contributed by atoms with Gasteiger partial charge in [0.25, 0.3) is 0 Å². The Bertz CT molecular complexity index is 37.1. The molecule has 0 saturated heterocycles. The standard InChI is InChI=1S/C5H11O2/c1-3-7-5(2)4-6/h6H,3-4H2,1-2H3. The Hall–Kier alpha value is -0.0800. The van der Waals surface area contributed by atoms with Gasteiger partial charge >= 0.3 is 0 Å². The molecule has 0 atom stereocenters. The molecule has 0 amide bonds. The molecule has 0 aromatic carbocycles. The fourth-order valence-corrected chi connectivity index (χ4v) is 0.292. The van der Waals surface area contributed by atoms with Gasteiger partial charge < -0.3 is 9.84 Å². The number of hydrogen-bond donors (Lipinski definition) is 1. The first-order valence-corrected chi connectivity index (χ1v) is 2.37. The number of rotatable bonds is 3. The van der Waals surface area contributed by atoms with Crippen LogP contribution in [0.4, 0.5) is 0 Å². The summed E-state index contributed by atoms with van der Waals surface area (Å²) in [5.41, 5.74) is 0. The molecule has 0 aromatic heterocycles. The topological polar surface area (TPSA) is 29.5 Å². The molecule has 0 aliphatic heterocycles. The summed E-state index contributed by atoms with van der Waals surface area (Å²) in [4.78, 5) is 0. The Kier molecular flexibility index (Phi) is 4.04. The van der Waals surface area contributed by atoms with Crippen LogP contribution in [-0.2, 0) is 4.74 Å². The highest BCUT2D eigenvalue weighted by Crippen LogP contribution is 1.95. The molecule has 0 aliphatic rings. The molecule has 7 heavy (non-hydrogen) atoms. The van der Waals surface area contributed by atoms with Crippen LogP contribution < -0.4 is 0 Å². The van der Waals surface area contributed by atoms with Crippen LogP contribution in [0.5, 0.6) is 0 Å². The van der Waals surface area contributed by atoms with Gasteiger partial charge in [0.2, 0.25) is 0 Å². The average molecular weight is 103 g/mol. The van der Waals surface area contributed by atoms with E-state index in [1.807, 2.05) is 6.92 Å². The molecule has 0 fully saturated rings. The van der Waals surface area contributed by atoms with Crippen LogP contribution in [0.15, 0.2) is 0 Å². The van der Waals surface area contributed by atoms with Crippen molar-refractivity contribution in [2.45, 2.75) is 13.8 Å². The second-order valence-corrected chi connectivity index (χ2v) is 1.29. The SMILES string of the molecule is CCO[C](C)CO. The first-order chi connectivity index (χ1) is 3.31. The van der Waals surface area contributed by atoms with Crippen LogP contribution in [0.25, 0.3) is 0 Å². The summed E-state index contributed by atoms with van der Waals surface area (Å²) < 4.78 is 4.86. The number of ether oxygens (including phenoxy) is 1. The van der Waals surface area contributed by atoms with E-state index in [4.69, 9.17) is 9.84 Å². The number of aliphatic hydroxyl groups excluding tert-OH is 1. The summed E-state index contributed by atoms with van der Waals surface area (Å²) >= 11 is 0. The second-order valence-electron chi connectivity index (χ2n) is 1.29. The lowest BCUT2D eigenvalue weighted by Gasteiger charge is -2.03. The Balaban J connectivity index is 2.83.